The molecule has 0 spiro atoms. The molecule has 2 aromatic heterocycles. The number of furan rings is 1. The van der Waals surface area contributed by atoms with Crippen LogP contribution in [-0.2, 0) is 6.54 Å². The summed E-state index contributed by atoms with van der Waals surface area (Å²) in [6.07, 6.45) is 0.897. The number of ketones is 1. The number of thioether (sulfide) groups is 1. The smallest absolute Gasteiger partial charge is 0.192 e. The monoisotopic (exact) mass is 479 g/mol. The number of aliphatic hydroxyl groups excluding tert-OH is 1. The summed E-state index contributed by atoms with van der Waals surface area (Å²) in [7, 11) is 1.62. The summed E-state index contributed by atoms with van der Waals surface area (Å²) in [4.78, 5) is 11.4. The summed E-state index contributed by atoms with van der Waals surface area (Å²) in [6.45, 7) is 2.08. The van der Waals surface area contributed by atoms with Crippen LogP contribution in [0.25, 0.3) is 11.4 Å². The molecule has 1 unspecified atom stereocenters. The predicted octanol–water partition coefficient (Wildman–Crippen LogP) is 4.33. The highest BCUT2D eigenvalue weighted by Gasteiger charge is 2.18. The first-order chi connectivity index (χ1) is 16.5. The molecule has 2 heterocycles. The number of hydrogen-bond donors (Lipinski definition) is 1. The molecule has 0 radical (unpaired) electrons. The van der Waals surface area contributed by atoms with Crippen molar-refractivity contribution in [3.05, 3.63) is 78.3 Å². The van der Waals surface area contributed by atoms with Crippen LogP contribution in [-0.4, -0.2) is 51.2 Å². The Kier molecular flexibility index (Phi) is 7.66. The average Bonchev–Trinajstić information content (AvgIpc) is 3.52. The Balaban J connectivity index is 1.44. The normalized spacial score (nSPS) is 11.9. The molecule has 0 aliphatic carbocycles. The van der Waals surface area contributed by atoms with Crippen molar-refractivity contribution in [2.45, 2.75) is 24.7 Å². The molecular formula is C25H25N3O5S. The van der Waals surface area contributed by atoms with E-state index in [-0.39, 0.29) is 12.4 Å². The van der Waals surface area contributed by atoms with Crippen LogP contribution in [0.4, 0.5) is 0 Å². The molecule has 34 heavy (non-hydrogen) atoms. The number of nitrogens with zero attached hydrogens (tertiary/aromatic N) is 3. The first-order valence-corrected chi connectivity index (χ1v) is 11.7. The van der Waals surface area contributed by atoms with Crippen LogP contribution in [0.15, 0.2) is 76.5 Å². The quantitative estimate of drug-likeness (QED) is 0.251. The fourth-order valence-electron chi connectivity index (χ4n) is 3.27. The number of carbonyl (C=O) groups excluding carboxylic acids is 1. The van der Waals surface area contributed by atoms with Gasteiger partial charge in [0.25, 0.3) is 0 Å². The summed E-state index contributed by atoms with van der Waals surface area (Å²) >= 11 is 1.39. The second kappa shape index (κ2) is 11.0. The van der Waals surface area contributed by atoms with E-state index >= 15 is 0 Å². The Bertz CT molecular complexity index is 1220. The van der Waals surface area contributed by atoms with Crippen molar-refractivity contribution in [3.8, 4) is 22.9 Å². The highest BCUT2D eigenvalue weighted by atomic mass is 32.2. The second-order valence-electron chi connectivity index (χ2n) is 7.56. The third-order valence-electron chi connectivity index (χ3n) is 5.05. The lowest BCUT2D eigenvalue weighted by molar-refractivity contribution is 0.101. The summed E-state index contributed by atoms with van der Waals surface area (Å²) in [5, 5.41) is 19.9. The predicted molar refractivity (Wildman–Crippen MR) is 128 cm³/mol. The number of rotatable bonds is 11. The molecule has 176 valence electrons. The van der Waals surface area contributed by atoms with Gasteiger partial charge in [0.05, 0.1) is 26.0 Å². The third kappa shape index (κ3) is 5.86. The van der Waals surface area contributed by atoms with E-state index in [1.165, 1.54) is 18.7 Å². The molecule has 0 saturated carbocycles. The first-order valence-electron chi connectivity index (χ1n) is 10.7. The van der Waals surface area contributed by atoms with Gasteiger partial charge in [-0.1, -0.05) is 23.9 Å². The van der Waals surface area contributed by atoms with Gasteiger partial charge >= 0.3 is 0 Å². The third-order valence-corrected chi connectivity index (χ3v) is 6.16. The van der Waals surface area contributed by atoms with Crippen molar-refractivity contribution < 1.29 is 23.8 Å². The Morgan fingerprint density at radius 3 is 2.65 bits per heavy atom. The van der Waals surface area contributed by atoms with Gasteiger partial charge in [0.1, 0.15) is 23.9 Å². The largest absolute Gasteiger partial charge is 0.497 e. The molecule has 0 bridgehead atoms. The van der Waals surface area contributed by atoms with Crippen molar-refractivity contribution in [1.29, 1.82) is 0 Å². The minimum absolute atomic E-state index is 0.00467. The minimum Gasteiger partial charge on any atom is -0.497 e. The number of aromatic nitrogens is 3. The number of carbonyl (C=O) groups is 1. The maximum Gasteiger partial charge on any atom is 0.192 e. The average molecular weight is 480 g/mol. The summed E-state index contributed by atoms with van der Waals surface area (Å²) in [6, 6.07) is 18.2. The van der Waals surface area contributed by atoms with Crippen molar-refractivity contribution in [2.24, 2.45) is 0 Å². The van der Waals surface area contributed by atoms with E-state index in [0.29, 0.717) is 34.6 Å². The van der Waals surface area contributed by atoms with Gasteiger partial charge in [0.15, 0.2) is 16.8 Å². The topological polar surface area (TPSA) is 99.6 Å². The van der Waals surface area contributed by atoms with Crippen LogP contribution in [0.1, 0.15) is 23.0 Å². The van der Waals surface area contributed by atoms with E-state index in [4.69, 9.17) is 13.9 Å². The molecule has 0 amide bonds. The number of benzene rings is 2. The van der Waals surface area contributed by atoms with Crippen LogP contribution < -0.4 is 9.47 Å². The zero-order chi connectivity index (χ0) is 23.9. The molecule has 9 heteroatoms. The van der Waals surface area contributed by atoms with Gasteiger partial charge in [0, 0.05) is 16.9 Å². The number of aliphatic hydroxyl groups is 1. The highest BCUT2D eigenvalue weighted by molar-refractivity contribution is 7.99. The van der Waals surface area contributed by atoms with Gasteiger partial charge < -0.3 is 19.0 Å². The first kappa shape index (κ1) is 23.6. The molecule has 1 N–H and O–H groups in total. The van der Waals surface area contributed by atoms with Crippen LogP contribution in [0, 0.1) is 0 Å². The molecule has 4 aromatic rings. The maximum absolute atomic E-state index is 11.4. The van der Waals surface area contributed by atoms with E-state index in [2.05, 4.69) is 10.2 Å². The number of ether oxygens (including phenoxy) is 2. The Hall–Kier alpha value is -3.56. The van der Waals surface area contributed by atoms with Crippen molar-refractivity contribution in [2.75, 3.05) is 19.5 Å². The van der Waals surface area contributed by atoms with Crippen LogP contribution in [0.2, 0.25) is 0 Å². The van der Waals surface area contributed by atoms with Crippen LogP contribution in [0.3, 0.4) is 0 Å². The van der Waals surface area contributed by atoms with Crippen molar-refractivity contribution in [3.63, 3.8) is 0 Å². The molecule has 1 atom stereocenters. The molecule has 0 aliphatic heterocycles. The Labute approximate surface area is 201 Å². The van der Waals surface area contributed by atoms with E-state index in [1.54, 1.807) is 37.6 Å². The SMILES string of the molecule is COc1cccc(-c2nnc(SCC(O)COc3ccc(C(C)=O)cc3)n2Cc2ccco2)c1. The van der Waals surface area contributed by atoms with E-state index < -0.39 is 6.10 Å². The molecule has 8 nitrogen and oxygen atoms in total. The van der Waals surface area contributed by atoms with Gasteiger partial charge in [-0.25, -0.2) is 0 Å². The fraction of sp³-hybridized carbons (Fsp3) is 0.240. The summed E-state index contributed by atoms with van der Waals surface area (Å²) < 4.78 is 18.5. The highest BCUT2D eigenvalue weighted by Crippen LogP contribution is 2.28. The van der Waals surface area contributed by atoms with Crippen molar-refractivity contribution >= 4 is 17.5 Å². The van der Waals surface area contributed by atoms with E-state index in [9.17, 15) is 9.90 Å². The standard InChI is InChI=1S/C25H25N3O5S/c1-17(29)18-8-10-21(11-9-18)33-15-20(30)16-34-25-27-26-24(19-5-3-6-22(13-19)31-2)28(25)14-23-7-4-12-32-23/h3-13,20,30H,14-16H2,1-2H3. The van der Waals surface area contributed by atoms with Gasteiger partial charge in [-0.3, -0.25) is 9.36 Å². The van der Waals surface area contributed by atoms with Crippen LogP contribution >= 0.6 is 11.8 Å². The van der Waals surface area contributed by atoms with Crippen molar-refractivity contribution in [1.82, 2.24) is 14.8 Å². The molecule has 0 saturated heterocycles. The fourth-order valence-corrected chi connectivity index (χ4v) is 4.11. The minimum atomic E-state index is -0.730. The van der Waals surface area contributed by atoms with Gasteiger partial charge in [0.2, 0.25) is 0 Å². The maximum atomic E-state index is 11.4. The number of Topliss-reactive ketones (excluding diaryl/α,β-unsaturated/α-hetero) is 1. The van der Waals surface area contributed by atoms with Crippen LogP contribution in [0.5, 0.6) is 11.5 Å². The number of methoxy groups -OCH3 is 1. The zero-order valence-electron chi connectivity index (χ0n) is 18.9. The molecule has 0 fully saturated rings. The Morgan fingerprint density at radius 2 is 1.94 bits per heavy atom. The van der Waals surface area contributed by atoms with E-state index in [0.717, 1.165) is 17.1 Å². The summed E-state index contributed by atoms with van der Waals surface area (Å²) in [5.74, 6) is 3.12. The lowest BCUT2D eigenvalue weighted by Crippen LogP contribution is -2.20. The lowest BCUT2D eigenvalue weighted by atomic mass is 10.1. The van der Waals surface area contributed by atoms with Gasteiger partial charge in [-0.15, -0.1) is 10.2 Å². The molecule has 2 aromatic carbocycles. The molecule has 4 rings (SSSR count). The van der Waals surface area contributed by atoms with E-state index in [1.807, 2.05) is 41.0 Å². The molecule has 0 aliphatic rings. The zero-order valence-corrected chi connectivity index (χ0v) is 19.7. The van der Waals surface area contributed by atoms with Gasteiger partial charge in [-0.2, -0.15) is 0 Å². The Morgan fingerprint density at radius 1 is 1.12 bits per heavy atom. The summed E-state index contributed by atoms with van der Waals surface area (Å²) in [5.41, 5.74) is 1.48. The van der Waals surface area contributed by atoms with Gasteiger partial charge in [-0.05, 0) is 55.5 Å². The second-order valence-corrected chi connectivity index (χ2v) is 8.55. The lowest BCUT2D eigenvalue weighted by Gasteiger charge is -2.13. The molecular weight excluding hydrogens is 454 g/mol. The number of hydrogen-bond acceptors (Lipinski definition) is 8.